The SMILES string of the molecule is C[C@@H](NC1CCOC2(CCSCC2)C1)c1ccc(Cl)cc1. The van der Waals surface area contributed by atoms with Gasteiger partial charge in [0.1, 0.15) is 0 Å². The summed E-state index contributed by atoms with van der Waals surface area (Å²) in [6.07, 6.45) is 4.70. The molecule has 2 saturated heterocycles. The van der Waals surface area contributed by atoms with E-state index in [1.807, 2.05) is 12.1 Å². The molecule has 2 nitrogen and oxygen atoms in total. The number of benzene rings is 1. The zero-order valence-corrected chi connectivity index (χ0v) is 14.2. The summed E-state index contributed by atoms with van der Waals surface area (Å²) >= 11 is 8.03. The predicted octanol–water partition coefficient (Wildman–Crippen LogP) is 4.44. The van der Waals surface area contributed by atoms with Gasteiger partial charge in [-0.2, -0.15) is 11.8 Å². The molecule has 2 atom stereocenters. The summed E-state index contributed by atoms with van der Waals surface area (Å²) < 4.78 is 6.17. The van der Waals surface area contributed by atoms with E-state index in [9.17, 15) is 0 Å². The van der Waals surface area contributed by atoms with E-state index in [1.165, 1.54) is 29.9 Å². The van der Waals surface area contributed by atoms with Gasteiger partial charge in [0.2, 0.25) is 0 Å². The van der Waals surface area contributed by atoms with Crippen LogP contribution in [-0.4, -0.2) is 29.8 Å². The normalized spacial score (nSPS) is 26.7. The van der Waals surface area contributed by atoms with Gasteiger partial charge in [-0.05, 0) is 61.8 Å². The molecule has 0 radical (unpaired) electrons. The molecule has 2 fully saturated rings. The number of halogens is 1. The minimum absolute atomic E-state index is 0.154. The highest BCUT2D eigenvalue weighted by molar-refractivity contribution is 7.99. The summed E-state index contributed by atoms with van der Waals surface area (Å²) in [4.78, 5) is 0. The molecule has 0 saturated carbocycles. The lowest BCUT2D eigenvalue weighted by Gasteiger charge is -2.44. The fourth-order valence-corrected chi connectivity index (χ4v) is 4.83. The standard InChI is InChI=1S/C17H24ClNOS/c1-13(14-2-4-15(18)5-3-14)19-16-6-9-20-17(12-16)7-10-21-11-8-17/h2-5,13,16,19H,6-12H2,1H3/t13-,16?/m1/s1. The number of thioether (sulfide) groups is 1. The molecule has 21 heavy (non-hydrogen) atoms. The largest absolute Gasteiger partial charge is 0.375 e. The molecule has 0 aromatic heterocycles. The summed E-state index contributed by atoms with van der Waals surface area (Å²) in [6, 6.07) is 9.10. The summed E-state index contributed by atoms with van der Waals surface area (Å²) in [7, 11) is 0. The fraction of sp³-hybridized carbons (Fsp3) is 0.647. The van der Waals surface area contributed by atoms with Crippen LogP contribution in [0.2, 0.25) is 5.02 Å². The molecule has 2 aliphatic heterocycles. The Hall–Kier alpha value is -0.220. The van der Waals surface area contributed by atoms with Gasteiger partial charge < -0.3 is 10.1 Å². The van der Waals surface area contributed by atoms with Crippen LogP contribution in [0.25, 0.3) is 0 Å². The molecule has 1 spiro atoms. The summed E-state index contributed by atoms with van der Waals surface area (Å²) in [5.74, 6) is 2.50. The van der Waals surface area contributed by atoms with E-state index in [1.54, 1.807) is 0 Å². The summed E-state index contributed by atoms with van der Waals surface area (Å²) in [6.45, 7) is 3.14. The van der Waals surface area contributed by atoms with Crippen molar-refractivity contribution >= 4 is 23.4 Å². The van der Waals surface area contributed by atoms with E-state index in [0.29, 0.717) is 12.1 Å². The monoisotopic (exact) mass is 325 g/mol. The van der Waals surface area contributed by atoms with Crippen LogP contribution < -0.4 is 5.32 Å². The number of rotatable bonds is 3. The van der Waals surface area contributed by atoms with Crippen LogP contribution in [0.5, 0.6) is 0 Å². The van der Waals surface area contributed by atoms with Crippen LogP contribution in [0.15, 0.2) is 24.3 Å². The molecular weight excluding hydrogens is 302 g/mol. The molecule has 2 heterocycles. The van der Waals surface area contributed by atoms with Crippen LogP contribution in [0.4, 0.5) is 0 Å². The van der Waals surface area contributed by atoms with Gasteiger partial charge in [0.15, 0.2) is 0 Å². The topological polar surface area (TPSA) is 21.3 Å². The highest BCUT2D eigenvalue weighted by Crippen LogP contribution is 2.38. The maximum Gasteiger partial charge on any atom is 0.0713 e. The van der Waals surface area contributed by atoms with Gasteiger partial charge >= 0.3 is 0 Å². The van der Waals surface area contributed by atoms with Gasteiger partial charge in [0, 0.05) is 23.7 Å². The molecule has 1 unspecified atom stereocenters. The Morgan fingerprint density at radius 3 is 2.71 bits per heavy atom. The van der Waals surface area contributed by atoms with E-state index >= 15 is 0 Å². The first kappa shape index (κ1) is 15.7. The minimum Gasteiger partial charge on any atom is -0.375 e. The molecule has 0 bridgehead atoms. The van der Waals surface area contributed by atoms with Crippen molar-refractivity contribution in [3.05, 3.63) is 34.9 Å². The van der Waals surface area contributed by atoms with Crippen LogP contribution in [0, 0.1) is 0 Å². The second-order valence-corrected chi connectivity index (χ2v) is 7.93. The lowest BCUT2D eigenvalue weighted by Crippen LogP contribution is -2.49. The minimum atomic E-state index is 0.154. The van der Waals surface area contributed by atoms with Crippen LogP contribution in [0.3, 0.4) is 0 Å². The molecule has 1 aromatic carbocycles. The van der Waals surface area contributed by atoms with Crippen molar-refractivity contribution in [2.45, 2.75) is 50.3 Å². The lowest BCUT2D eigenvalue weighted by molar-refractivity contribution is -0.0940. The van der Waals surface area contributed by atoms with Gasteiger partial charge in [0.25, 0.3) is 0 Å². The Morgan fingerprint density at radius 1 is 1.29 bits per heavy atom. The van der Waals surface area contributed by atoms with Crippen molar-refractivity contribution in [3.8, 4) is 0 Å². The Morgan fingerprint density at radius 2 is 2.00 bits per heavy atom. The first-order chi connectivity index (χ1) is 10.2. The maximum absolute atomic E-state index is 6.17. The Labute approximate surface area is 137 Å². The van der Waals surface area contributed by atoms with E-state index < -0.39 is 0 Å². The predicted molar refractivity (Wildman–Crippen MR) is 91.3 cm³/mol. The maximum atomic E-state index is 6.17. The Balaban J connectivity index is 1.60. The van der Waals surface area contributed by atoms with Crippen molar-refractivity contribution in [1.82, 2.24) is 5.32 Å². The Kier molecular flexibility index (Phi) is 5.15. The summed E-state index contributed by atoms with van der Waals surface area (Å²) in [5.41, 5.74) is 1.46. The highest BCUT2D eigenvalue weighted by Gasteiger charge is 2.38. The first-order valence-corrected chi connectivity index (χ1v) is 9.43. The van der Waals surface area contributed by atoms with E-state index in [4.69, 9.17) is 16.3 Å². The van der Waals surface area contributed by atoms with Crippen molar-refractivity contribution in [1.29, 1.82) is 0 Å². The lowest BCUT2D eigenvalue weighted by atomic mass is 9.85. The molecule has 0 aliphatic carbocycles. The third-order valence-electron chi connectivity index (χ3n) is 4.75. The number of nitrogens with one attached hydrogen (secondary N) is 1. The zero-order valence-electron chi connectivity index (χ0n) is 12.6. The summed E-state index contributed by atoms with van der Waals surface area (Å²) in [5, 5.41) is 4.60. The molecule has 3 rings (SSSR count). The third kappa shape index (κ3) is 3.95. The number of ether oxygens (including phenoxy) is 1. The van der Waals surface area contributed by atoms with Crippen molar-refractivity contribution in [2.75, 3.05) is 18.1 Å². The van der Waals surface area contributed by atoms with E-state index in [0.717, 1.165) is 24.5 Å². The van der Waals surface area contributed by atoms with Crippen LogP contribution in [-0.2, 0) is 4.74 Å². The van der Waals surface area contributed by atoms with E-state index in [2.05, 4.69) is 36.1 Å². The fourth-order valence-electron chi connectivity index (χ4n) is 3.46. The Bertz CT molecular complexity index is 453. The second kappa shape index (κ2) is 6.91. The molecule has 1 N–H and O–H groups in total. The van der Waals surface area contributed by atoms with Gasteiger partial charge in [-0.15, -0.1) is 0 Å². The molecular formula is C17H24ClNOS. The van der Waals surface area contributed by atoms with Crippen LogP contribution in [0.1, 0.15) is 44.2 Å². The molecule has 0 amide bonds. The number of hydrogen-bond acceptors (Lipinski definition) is 3. The molecule has 4 heteroatoms. The van der Waals surface area contributed by atoms with Gasteiger partial charge in [-0.1, -0.05) is 23.7 Å². The smallest absolute Gasteiger partial charge is 0.0713 e. The van der Waals surface area contributed by atoms with Crippen molar-refractivity contribution in [2.24, 2.45) is 0 Å². The first-order valence-electron chi connectivity index (χ1n) is 7.90. The molecule has 116 valence electrons. The van der Waals surface area contributed by atoms with E-state index in [-0.39, 0.29) is 5.60 Å². The third-order valence-corrected chi connectivity index (χ3v) is 5.99. The molecule has 1 aromatic rings. The second-order valence-electron chi connectivity index (χ2n) is 6.27. The van der Waals surface area contributed by atoms with Gasteiger partial charge in [0.05, 0.1) is 5.60 Å². The average Bonchev–Trinajstić information content (AvgIpc) is 2.49. The quantitative estimate of drug-likeness (QED) is 0.888. The zero-order chi connectivity index (χ0) is 14.7. The van der Waals surface area contributed by atoms with Gasteiger partial charge in [-0.25, -0.2) is 0 Å². The molecule has 2 aliphatic rings. The number of hydrogen-bond donors (Lipinski definition) is 1. The van der Waals surface area contributed by atoms with Crippen LogP contribution >= 0.6 is 23.4 Å². The van der Waals surface area contributed by atoms with Crippen molar-refractivity contribution in [3.63, 3.8) is 0 Å². The highest BCUT2D eigenvalue weighted by atomic mass is 35.5. The average molecular weight is 326 g/mol. The van der Waals surface area contributed by atoms with Gasteiger partial charge in [-0.3, -0.25) is 0 Å². The van der Waals surface area contributed by atoms with Crippen molar-refractivity contribution < 1.29 is 4.74 Å².